The molecule has 0 N–H and O–H groups in total. The van der Waals surface area contributed by atoms with Gasteiger partial charge < -0.3 is 43.1 Å². The average molecular weight is 1920 g/mol. The maximum absolute atomic E-state index is 6.83. The van der Waals surface area contributed by atoms with Gasteiger partial charge in [0.15, 0.2) is 17.4 Å². The highest BCUT2D eigenvalue weighted by Gasteiger charge is 2.53. The normalized spacial score (nSPS) is 20.6. The summed E-state index contributed by atoms with van der Waals surface area (Å²) in [6.07, 6.45) is 161. The van der Waals surface area contributed by atoms with Gasteiger partial charge in [-0.15, -0.1) is 0 Å². The highest BCUT2D eigenvalue weighted by molar-refractivity contribution is 5.02. The summed E-state index contributed by atoms with van der Waals surface area (Å²) in [4.78, 5) is 7.14. The number of hydrogen-bond acceptors (Lipinski definition) is 9. The Labute approximate surface area is 859 Å². The van der Waals surface area contributed by atoms with Crippen molar-refractivity contribution in [3.63, 3.8) is 0 Å². The Bertz CT molecular complexity index is 2860. The van der Waals surface area contributed by atoms with Gasteiger partial charge in [0, 0.05) is 70.7 Å². The lowest BCUT2D eigenvalue weighted by molar-refractivity contribution is -0.193. The zero-order valence-electron chi connectivity index (χ0n) is 93.3. The molecule has 0 aromatic carbocycles. The monoisotopic (exact) mass is 1920 g/mol. The van der Waals surface area contributed by atoms with Gasteiger partial charge in [-0.2, -0.15) is 0 Å². The highest BCUT2D eigenvalue weighted by atomic mass is 16.8. The summed E-state index contributed by atoms with van der Waals surface area (Å²) in [5.41, 5.74) is 0. The van der Waals surface area contributed by atoms with Crippen molar-refractivity contribution in [1.82, 2.24) is 14.7 Å². The first kappa shape index (κ1) is 127. The van der Waals surface area contributed by atoms with Crippen molar-refractivity contribution in [2.24, 2.45) is 0 Å². The number of piperidine rings is 1. The Kier molecular flexibility index (Phi) is 84.7. The molecule has 9 nitrogen and oxygen atoms in total. The molecule has 0 spiro atoms. The largest absolute Gasteiger partial charge is 0.344 e. The molecule has 0 aromatic rings. The van der Waals surface area contributed by atoms with Gasteiger partial charge in [0.2, 0.25) is 0 Å². The Balaban J connectivity index is 0.000000432. The maximum atomic E-state index is 6.83. The first-order valence-electron chi connectivity index (χ1n) is 60.9. The van der Waals surface area contributed by atoms with Crippen LogP contribution in [0.5, 0.6) is 0 Å². The molecule has 5 saturated heterocycles. The summed E-state index contributed by atoms with van der Waals surface area (Å²) in [7, 11) is 8.82. The number of fused-ring (bicyclic) bond motifs is 3. The lowest BCUT2D eigenvalue weighted by atomic mass is 9.98. The lowest BCUT2D eigenvalue weighted by Gasteiger charge is -2.31. The van der Waals surface area contributed by atoms with Crippen molar-refractivity contribution in [2.45, 2.75) is 622 Å². The number of rotatable bonds is 91. The van der Waals surface area contributed by atoms with Crippen molar-refractivity contribution in [3.8, 4) is 0 Å². The van der Waals surface area contributed by atoms with Crippen molar-refractivity contribution in [2.75, 3.05) is 54.4 Å². The molecular formula is C129H231N3O6. The molecule has 6 fully saturated rings. The number of unbranched alkanes of at least 4 members (excludes halogenated alkanes) is 54. The SMILES string of the molecule is CCCCC/C=C\C/C=C\CCCCCCCCC1(CCCCCCCC/C=C\C/C=C\CCCCC)O[C@H]2CC(N(C)C)C[C@H]2O1.CCCCC/C=C\C/C=C\CCCCCCCCC1(CCCCCCCC/C=C\C/C=C\CCCCC)O[C@H]2CN(C)CC[C@H]2O1.CCCCC/C=C\C/C=C\CCCCCCCCC1(CCCCCCCC/C=C\C/C=C\CCCCC)O[C@H]2CN(C)C[C@H]2O1. The predicted octanol–water partition coefficient (Wildman–Crippen LogP) is 39.6. The molecule has 798 valence electrons. The minimum Gasteiger partial charge on any atom is -0.344 e. The minimum absolute atomic E-state index is 0.271. The molecular weight excluding hydrogens is 1690 g/mol. The van der Waals surface area contributed by atoms with Crippen LogP contribution in [0, 0.1) is 0 Å². The molecule has 5 heterocycles. The van der Waals surface area contributed by atoms with Gasteiger partial charge in [-0.05, 0) is 279 Å². The van der Waals surface area contributed by atoms with E-state index in [1.165, 1.54) is 424 Å². The molecule has 0 aromatic heterocycles. The summed E-state index contributed by atoms with van der Waals surface area (Å²) in [6.45, 7) is 17.8. The maximum Gasteiger partial charge on any atom is 0.169 e. The Hall–Kier alpha value is -3.48. The second-order valence-corrected chi connectivity index (χ2v) is 43.5. The molecule has 9 heteroatoms. The second kappa shape index (κ2) is 92.1. The Morgan fingerprint density at radius 1 is 0.203 bits per heavy atom. The van der Waals surface area contributed by atoms with E-state index in [1.807, 2.05) is 0 Å². The second-order valence-electron chi connectivity index (χ2n) is 43.5. The standard InChI is InChI=1S/C44H79NO2.C43H77NO2.C42H75NO2/c1-5-7-9-11-13-15-17-19-21-23-25-27-29-31-33-35-37-44(46-42-39-41(45(3)4)40-43(42)47-44)38-36-34-32-30-28-26-24-22-20-18-16-14-12-10-8-6-2;1-4-6-8-10-12-14-16-18-20-22-24-26-28-30-32-34-37-43(45-41-36-39-44(3)40-42(41)46-43)38-35-33-31-29-27-25-23-21-19-17-15-13-11-9-7-5-2;1-4-6-8-10-12-14-16-18-20-22-24-26-28-30-32-34-36-42(44-40-38-43(3)39-41(40)45-42)37-35-33-31-29-27-25-23-21-19-17-15-13-11-9-7-5-2/h13-16,19-22,41-43H,5-12,17-18,23-40H2,1-4H3;12-15,18-21,41-42H,4-11,16-17,22-40H2,1-3H3;12-15,18-21,40-41H,4-11,16-17,22-39H2,1-3H3/b15-13-,16-14-,21-19-,22-20-;2*14-12-,15-13-,20-18-,21-19-/t41?,42-,43+;41-,42+;40-,41+/m.1./s1. The number of nitrogens with zero attached hydrogens (tertiary/aromatic N) is 3. The molecule has 7 atom stereocenters. The molecule has 0 radical (unpaired) electrons. The fourth-order valence-corrected chi connectivity index (χ4v) is 21.2. The van der Waals surface area contributed by atoms with E-state index >= 15 is 0 Å². The first-order valence-corrected chi connectivity index (χ1v) is 60.9. The summed E-state index contributed by atoms with van der Waals surface area (Å²) >= 11 is 0. The molecule has 1 aliphatic carbocycles. The third-order valence-electron chi connectivity index (χ3n) is 30.0. The van der Waals surface area contributed by atoms with Gasteiger partial charge in [0.25, 0.3) is 0 Å². The van der Waals surface area contributed by atoms with E-state index in [0.717, 1.165) is 122 Å². The smallest absolute Gasteiger partial charge is 0.169 e. The zero-order chi connectivity index (χ0) is 98.6. The van der Waals surface area contributed by atoms with Crippen LogP contribution in [0.2, 0.25) is 0 Å². The summed E-state index contributed by atoms with van der Waals surface area (Å²) < 4.78 is 40.6. The predicted molar refractivity (Wildman–Crippen MR) is 608 cm³/mol. The lowest BCUT2D eigenvalue weighted by Crippen LogP contribution is -2.43. The van der Waals surface area contributed by atoms with Gasteiger partial charge in [0.05, 0.1) is 24.4 Å². The molecule has 6 aliphatic rings. The molecule has 1 unspecified atom stereocenters. The summed E-state index contributed by atoms with van der Waals surface area (Å²) in [5.74, 6) is -0.927. The van der Waals surface area contributed by atoms with Gasteiger partial charge in [-0.1, -0.05) is 419 Å². The van der Waals surface area contributed by atoms with Gasteiger partial charge in [0.1, 0.15) is 12.2 Å². The van der Waals surface area contributed by atoms with E-state index in [2.05, 4.69) is 230 Å². The Morgan fingerprint density at radius 3 is 0.572 bits per heavy atom. The number of hydrogen-bond donors (Lipinski definition) is 0. The van der Waals surface area contributed by atoms with Crippen LogP contribution in [-0.2, 0) is 28.4 Å². The van der Waals surface area contributed by atoms with Crippen molar-refractivity contribution in [1.29, 1.82) is 0 Å². The van der Waals surface area contributed by atoms with E-state index in [9.17, 15) is 0 Å². The van der Waals surface area contributed by atoms with Crippen LogP contribution in [0.4, 0.5) is 0 Å². The Morgan fingerprint density at radius 2 is 0.370 bits per heavy atom. The van der Waals surface area contributed by atoms with Crippen LogP contribution in [0.25, 0.3) is 0 Å². The van der Waals surface area contributed by atoms with Crippen molar-refractivity contribution in [3.05, 3.63) is 146 Å². The van der Waals surface area contributed by atoms with Crippen LogP contribution >= 0.6 is 0 Å². The number of ether oxygens (including phenoxy) is 6. The van der Waals surface area contributed by atoms with E-state index in [-0.39, 0.29) is 35.7 Å². The summed E-state index contributed by atoms with van der Waals surface area (Å²) in [6, 6.07) is 0.603. The van der Waals surface area contributed by atoms with Gasteiger partial charge in [-0.3, -0.25) is 0 Å². The van der Waals surface area contributed by atoms with Crippen LogP contribution in [0.1, 0.15) is 562 Å². The first-order chi connectivity index (χ1) is 68.0. The molecule has 5 aliphatic heterocycles. The van der Waals surface area contributed by atoms with Crippen molar-refractivity contribution >= 4 is 0 Å². The number of likely N-dealkylation sites (N-methyl/N-ethyl adjacent to an activating group) is 2. The third kappa shape index (κ3) is 69.6. The zero-order valence-corrected chi connectivity index (χ0v) is 93.3. The fraction of sp³-hybridized carbons (Fsp3) is 0.814. The highest BCUT2D eigenvalue weighted by Crippen LogP contribution is 2.46. The van der Waals surface area contributed by atoms with Crippen LogP contribution in [0.15, 0.2) is 146 Å². The topological polar surface area (TPSA) is 65.1 Å². The van der Waals surface area contributed by atoms with Crippen LogP contribution < -0.4 is 0 Å². The van der Waals surface area contributed by atoms with Crippen LogP contribution in [-0.4, -0.2) is 129 Å². The van der Waals surface area contributed by atoms with E-state index < -0.39 is 0 Å². The van der Waals surface area contributed by atoms with E-state index in [0.29, 0.717) is 24.4 Å². The quantitative estimate of drug-likeness (QED) is 0.0438. The summed E-state index contributed by atoms with van der Waals surface area (Å²) in [5, 5.41) is 0. The number of likely N-dealkylation sites (tertiary alicyclic amines) is 2. The number of allylic oxidation sites excluding steroid dienone is 24. The molecule has 6 rings (SSSR count). The van der Waals surface area contributed by atoms with E-state index in [1.54, 1.807) is 0 Å². The third-order valence-corrected chi connectivity index (χ3v) is 30.0. The van der Waals surface area contributed by atoms with E-state index in [4.69, 9.17) is 28.4 Å². The molecule has 0 amide bonds. The van der Waals surface area contributed by atoms with Gasteiger partial charge >= 0.3 is 0 Å². The average Bonchev–Trinajstić information content (AvgIpc) is 1.63. The fourth-order valence-electron chi connectivity index (χ4n) is 21.2. The van der Waals surface area contributed by atoms with Crippen molar-refractivity contribution < 1.29 is 28.4 Å². The minimum atomic E-state index is -0.314. The van der Waals surface area contributed by atoms with Gasteiger partial charge in [-0.25, -0.2) is 0 Å². The molecule has 1 saturated carbocycles. The molecule has 0 bridgehead atoms. The van der Waals surface area contributed by atoms with Crippen LogP contribution in [0.3, 0.4) is 0 Å². The molecule has 138 heavy (non-hydrogen) atoms.